The Morgan fingerprint density at radius 3 is 2.15 bits per heavy atom. The number of nitrogens with zero attached hydrogens (tertiary/aromatic N) is 7. The molecule has 1 amide bonds. The molecule has 6 rings (SSSR count). The number of anilines is 1. The second kappa shape index (κ2) is 17.2. The molecule has 13 heteroatoms. The lowest BCUT2D eigenvalue weighted by Gasteiger charge is -2.29. The van der Waals surface area contributed by atoms with Gasteiger partial charge < -0.3 is 33.9 Å². The standard InChI is InChI=1S/C42H51N7O6/c1-8-9-24-54-40-45-39(48(26-29-10-14-32(52-6)15-11-29)27-30-12-16-33(53-7)17-13-30)38-43-25-36(49(38)46-40)37(50)34-18-19-35(44-28(34)2)31-20-22-47(23-21-31)41(51)55-42(3,4)5/h10-20,25,37,50H,8-9,21-24,26-27H2,1-7H3. The van der Waals surface area contributed by atoms with Crippen LogP contribution in [0.4, 0.5) is 10.6 Å². The number of carbonyl (C=O) groups is 1. The number of unbranched alkanes of at least 4 members (excludes halogenated alkanes) is 1. The molecule has 4 heterocycles. The van der Waals surface area contributed by atoms with Crippen molar-refractivity contribution in [1.82, 2.24) is 29.5 Å². The van der Waals surface area contributed by atoms with E-state index in [9.17, 15) is 9.90 Å². The summed E-state index contributed by atoms with van der Waals surface area (Å²) in [7, 11) is 3.30. The molecule has 13 nitrogen and oxygen atoms in total. The lowest BCUT2D eigenvalue weighted by molar-refractivity contribution is 0.0270. The molecule has 0 saturated carbocycles. The first-order valence-electron chi connectivity index (χ1n) is 18.7. The molecule has 1 aliphatic rings. The maximum absolute atomic E-state index is 12.6. The number of fused-ring (bicyclic) bond motifs is 1. The first-order chi connectivity index (χ1) is 26.5. The van der Waals surface area contributed by atoms with Crippen molar-refractivity contribution in [2.45, 2.75) is 78.7 Å². The number of rotatable bonds is 14. The molecule has 1 aliphatic heterocycles. The van der Waals surface area contributed by atoms with Crippen LogP contribution in [0.15, 0.2) is 72.9 Å². The minimum absolute atomic E-state index is 0.187. The first-order valence-corrected chi connectivity index (χ1v) is 18.7. The number of methoxy groups -OCH3 is 2. The van der Waals surface area contributed by atoms with Crippen molar-refractivity contribution in [2.75, 3.05) is 38.8 Å². The average molecular weight is 750 g/mol. The summed E-state index contributed by atoms with van der Waals surface area (Å²) in [4.78, 5) is 31.0. The van der Waals surface area contributed by atoms with Crippen LogP contribution in [0, 0.1) is 6.92 Å². The third kappa shape index (κ3) is 9.52. The van der Waals surface area contributed by atoms with Crippen LogP contribution in [0.2, 0.25) is 0 Å². The van der Waals surface area contributed by atoms with Gasteiger partial charge in [0.2, 0.25) is 0 Å². The van der Waals surface area contributed by atoms with Crippen molar-refractivity contribution >= 4 is 23.1 Å². The van der Waals surface area contributed by atoms with Crippen LogP contribution in [0.25, 0.3) is 11.2 Å². The van der Waals surface area contributed by atoms with Crippen molar-refractivity contribution in [3.05, 3.63) is 107 Å². The van der Waals surface area contributed by atoms with Gasteiger partial charge >= 0.3 is 12.1 Å². The molecular weight excluding hydrogens is 699 g/mol. The Morgan fingerprint density at radius 2 is 1.60 bits per heavy atom. The molecule has 5 aromatic rings. The zero-order valence-corrected chi connectivity index (χ0v) is 32.8. The third-order valence-corrected chi connectivity index (χ3v) is 9.34. The second-order valence-corrected chi connectivity index (χ2v) is 14.6. The van der Waals surface area contributed by atoms with Gasteiger partial charge in [-0.25, -0.2) is 14.3 Å². The Morgan fingerprint density at radius 1 is 0.945 bits per heavy atom. The predicted octanol–water partition coefficient (Wildman–Crippen LogP) is 7.34. The van der Waals surface area contributed by atoms with E-state index in [0.29, 0.717) is 67.6 Å². The summed E-state index contributed by atoms with van der Waals surface area (Å²) in [6.45, 7) is 12.0. The number of ether oxygens (including phenoxy) is 4. The highest BCUT2D eigenvalue weighted by Gasteiger charge is 2.27. The molecule has 0 radical (unpaired) electrons. The van der Waals surface area contributed by atoms with Gasteiger partial charge in [-0.2, -0.15) is 4.98 Å². The van der Waals surface area contributed by atoms with E-state index in [-0.39, 0.29) is 12.1 Å². The Kier molecular flexibility index (Phi) is 12.2. The van der Waals surface area contributed by atoms with Gasteiger partial charge in [0.25, 0.3) is 0 Å². The number of aliphatic hydroxyl groups is 1. The van der Waals surface area contributed by atoms with E-state index in [2.05, 4.69) is 11.8 Å². The highest BCUT2D eigenvalue weighted by molar-refractivity contribution is 5.72. The van der Waals surface area contributed by atoms with Crippen molar-refractivity contribution in [3.8, 4) is 17.5 Å². The average Bonchev–Trinajstić information content (AvgIpc) is 3.61. The van der Waals surface area contributed by atoms with Crippen LogP contribution in [-0.4, -0.2) is 80.2 Å². The number of imidazole rings is 1. The van der Waals surface area contributed by atoms with Crippen LogP contribution < -0.4 is 19.1 Å². The molecule has 1 N–H and O–H groups in total. The van der Waals surface area contributed by atoms with E-state index in [1.54, 1.807) is 29.8 Å². The highest BCUT2D eigenvalue weighted by Crippen LogP contribution is 2.32. The van der Waals surface area contributed by atoms with Gasteiger partial charge in [-0.3, -0.25) is 4.98 Å². The second-order valence-electron chi connectivity index (χ2n) is 14.6. The minimum atomic E-state index is -1.09. The van der Waals surface area contributed by atoms with Crippen molar-refractivity contribution in [3.63, 3.8) is 0 Å². The fourth-order valence-corrected chi connectivity index (χ4v) is 6.33. The van der Waals surface area contributed by atoms with Crippen molar-refractivity contribution in [1.29, 1.82) is 0 Å². The van der Waals surface area contributed by atoms with Crippen molar-refractivity contribution < 1.29 is 28.8 Å². The molecule has 1 unspecified atom stereocenters. The van der Waals surface area contributed by atoms with Crippen molar-refractivity contribution in [2.24, 2.45) is 0 Å². The van der Waals surface area contributed by atoms with Gasteiger partial charge in [-0.15, -0.1) is 5.10 Å². The summed E-state index contributed by atoms with van der Waals surface area (Å²) >= 11 is 0. The molecule has 2 aromatic carbocycles. The Balaban J connectivity index is 1.33. The predicted molar refractivity (Wildman–Crippen MR) is 210 cm³/mol. The molecular formula is C42H51N7O6. The number of pyridine rings is 1. The van der Waals surface area contributed by atoms with Gasteiger partial charge in [-0.05, 0) is 87.6 Å². The first kappa shape index (κ1) is 39.0. The molecule has 0 aliphatic carbocycles. The number of aryl methyl sites for hydroxylation is 1. The number of hydrogen-bond donors (Lipinski definition) is 1. The monoisotopic (exact) mass is 749 g/mol. The Labute approximate surface area is 322 Å². The summed E-state index contributed by atoms with van der Waals surface area (Å²) in [5.74, 6) is 2.10. The Bertz CT molecular complexity index is 2060. The van der Waals surface area contributed by atoms with Crippen LogP contribution in [0.5, 0.6) is 17.5 Å². The molecule has 55 heavy (non-hydrogen) atoms. The van der Waals surface area contributed by atoms with E-state index in [4.69, 9.17) is 39.0 Å². The number of hydrogen-bond acceptors (Lipinski definition) is 11. The summed E-state index contributed by atoms with van der Waals surface area (Å²) in [5.41, 5.74) is 5.60. The fraction of sp³-hybridized carbons (Fsp3) is 0.405. The van der Waals surface area contributed by atoms with Gasteiger partial charge in [0.05, 0.1) is 38.4 Å². The van der Waals surface area contributed by atoms with Crippen LogP contribution in [-0.2, 0) is 17.8 Å². The van der Waals surface area contributed by atoms with Gasteiger partial charge in [-0.1, -0.05) is 49.8 Å². The summed E-state index contributed by atoms with van der Waals surface area (Å²) in [6.07, 6.45) is 4.66. The molecule has 290 valence electrons. The number of carbonyl (C=O) groups excluding carboxylic acids is 1. The zero-order valence-electron chi connectivity index (χ0n) is 32.8. The quantitative estimate of drug-likeness (QED) is 0.114. The number of amides is 1. The maximum Gasteiger partial charge on any atom is 0.410 e. The maximum atomic E-state index is 12.6. The lowest BCUT2D eigenvalue weighted by atomic mass is 10.0. The Hall–Kier alpha value is -5.69. The van der Waals surface area contributed by atoms with E-state index in [1.807, 2.05) is 94.4 Å². The summed E-state index contributed by atoms with van der Waals surface area (Å²) < 4.78 is 24.1. The van der Waals surface area contributed by atoms with Crippen LogP contribution in [0.3, 0.4) is 0 Å². The highest BCUT2D eigenvalue weighted by atomic mass is 16.6. The molecule has 1 atom stereocenters. The largest absolute Gasteiger partial charge is 0.497 e. The van der Waals surface area contributed by atoms with Gasteiger partial charge in [0.1, 0.15) is 23.2 Å². The lowest BCUT2D eigenvalue weighted by Crippen LogP contribution is -2.39. The molecule has 0 spiro atoms. The summed E-state index contributed by atoms with van der Waals surface area (Å²) in [6, 6.07) is 19.8. The number of aromatic nitrogens is 5. The van der Waals surface area contributed by atoms with Gasteiger partial charge in [0, 0.05) is 37.4 Å². The topological polar surface area (TPSA) is 137 Å². The van der Waals surface area contributed by atoms with Crippen LogP contribution in [0.1, 0.15) is 86.8 Å². The van der Waals surface area contributed by atoms with Crippen LogP contribution >= 0.6 is 0 Å². The smallest absolute Gasteiger partial charge is 0.410 e. The minimum Gasteiger partial charge on any atom is -0.497 e. The molecule has 0 fully saturated rings. The number of aliphatic hydroxyl groups excluding tert-OH is 1. The van der Waals surface area contributed by atoms with E-state index >= 15 is 0 Å². The third-order valence-electron chi connectivity index (χ3n) is 9.34. The zero-order chi connectivity index (χ0) is 39.1. The van der Waals surface area contributed by atoms with E-state index in [1.165, 1.54) is 0 Å². The number of benzene rings is 2. The van der Waals surface area contributed by atoms with E-state index in [0.717, 1.165) is 46.7 Å². The summed E-state index contributed by atoms with van der Waals surface area (Å²) in [5, 5.41) is 16.7. The fourth-order valence-electron chi connectivity index (χ4n) is 6.33. The molecule has 3 aromatic heterocycles. The molecule has 0 bridgehead atoms. The van der Waals surface area contributed by atoms with E-state index < -0.39 is 11.7 Å². The molecule has 0 saturated heterocycles. The normalized spacial score (nSPS) is 13.7. The van der Waals surface area contributed by atoms with Gasteiger partial charge in [0.15, 0.2) is 11.5 Å². The SMILES string of the molecule is CCCCOc1nc(N(Cc2ccc(OC)cc2)Cc2ccc(OC)cc2)c2ncc(C(O)c3ccc(C4=CCN(C(=O)OC(C)(C)C)CC4)nc3C)n2n1.